The molecule has 1 amide bonds. The van der Waals surface area contributed by atoms with E-state index in [4.69, 9.17) is 14.2 Å². The smallest absolute Gasteiger partial charge is 0.251 e. The highest BCUT2D eigenvalue weighted by Gasteiger charge is 2.19. The van der Waals surface area contributed by atoms with Crippen LogP contribution >= 0.6 is 11.3 Å². The zero-order valence-electron chi connectivity index (χ0n) is 17.3. The molecule has 3 aromatic rings. The van der Waals surface area contributed by atoms with E-state index in [0.717, 1.165) is 11.3 Å². The highest BCUT2D eigenvalue weighted by atomic mass is 32.1. The number of nitrogens with zero attached hydrogens (tertiary/aromatic N) is 2. The lowest BCUT2D eigenvalue weighted by atomic mass is 10.1. The molecule has 0 unspecified atom stereocenters. The average Bonchev–Trinajstić information content (AvgIpc) is 3.29. The summed E-state index contributed by atoms with van der Waals surface area (Å²) in [4.78, 5) is 21.7. The van der Waals surface area contributed by atoms with E-state index in [0.29, 0.717) is 48.3 Å². The number of thiophene rings is 1. The van der Waals surface area contributed by atoms with Crippen molar-refractivity contribution in [2.45, 2.75) is 27.3 Å². The van der Waals surface area contributed by atoms with Gasteiger partial charge in [0.05, 0.1) is 37.8 Å². The van der Waals surface area contributed by atoms with E-state index in [1.165, 1.54) is 0 Å². The van der Waals surface area contributed by atoms with Gasteiger partial charge < -0.3 is 19.5 Å². The molecule has 1 N–H and O–H groups in total. The minimum atomic E-state index is -0.262. The number of hydrogen-bond donors (Lipinski definition) is 1. The van der Waals surface area contributed by atoms with Gasteiger partial charge in [-0.1, -0.05) is 0 Å². The van der Waals surface area contributed by atoms with Gasteiger partial charge in [-0.25, -0.2) is 0 Å². The summed E-state index contributed by atoms with van der Waals surface area (Å²) in [6.07, 6.45) is 3.27. The molecule has 0 saturated carbocycles. The van der Waals surface area contributed by atoms with E-state index in [2.05, 4.69) is 15.3 Å². The van der Waals surface area contributed by atoms with Gasteiger partial charge in [0.25, 0.3) is 5.91 Å². The lowest BCUT2D eigenvalue weighted by Gasteiger charge is -2.17. The molecule has 0 spiro atoms. The van der Waals surface area contributed by atoms with E-state index < -0.39 is 0 Å². The van der Waals surface area contributed by atoms with E-state index >= 15 is 0 Å². The summed E-state index contributed by atoms with van der Waals surface area (Å²) in [6.45, 7) is 7.24. The average molecular weight is 428 g/mol. The van der Waals surface area contributed by atoms with Crippen molar-refractivity contribution in [2.24, 2.45) is 0 Å². The third-order valence-corrected chi connectivity index (χ3v) is 4.84. The number of aromatic nitrogens is 2. The quantitative estimate of drug-likeness (QED) is 0.519. The Morgan fingerprint density at radius 3 is 2.27 bits per heavy atom. The molecule has 158 valence electrons. The van der Waals surface area contributed by atoms with Gasteiger partial charge in [-0.2, -0.15) is 11.3 Å². The molecule has 2 aromatic heterocycles. The van der Waals surface area contributed by atoms with Crippen LogP contribution < -0.4 is 19.5 Å². The second kappa shape index (κ2) is 10.6. The molecule has 3 rings (SSSR count). The molecule has 0 bridgehead atoms. The predicted molar refractivity (Wildman–Crippen MR) is 116 cm³/mol. The van der Waals surface area contributed by atoms with E-state index in [1.807, 2.05) is 37.6 Å². The van der Waals surface area contributed by atoms with Crippen LogP contribution in [0.25, 0.3) is 11.3 Å². The van der Waals surface area contributed by atoms with Gasteiger partial charge in [0.1, 0.15) is 0 Å². The Kier molecular flexibility index (Phi) is 7.62. The Balaban J connectivity index is 1.83. The third kappa shape index (κ3) is 5.07. The van der Waals surface area contributed by atoms with Crippen molar-refractivity contribution in [3.05, 3.63) is 52.6 Å². The van der Waals surface area contributed by atoms with E-state index in [9.17, 15) is 4.79 Å². The summed E-state index contributed by atoms with van der Waals surface area (Å²) in [6, 6.07) is 5.32. The minimum absolute atomic E-state index is 0.249. The van der Waals surface area contributed by atoms with Crippen molar-refractivity contribution in [3.8, 4) is 28.5 Å². The fraction of sp³-hybridized carbons (Fsp3) is 0.318. The summed E-state index contributed by atoms with van der Waals surface area (Å²) in [5, 5.41) is 6.91. The Labute approximate surface area is 180 Å². The maximum atomic E-state index is 12.9. The van der Waals surface area contributed by atoms with E-state index in [-0.39, 0.29) is 12.5 Å². The maximum absolute atomic E-state index is 12.9. The molecule has 0 saturated heterocycles. The van der Waals surface area contributed by atoms with Gasteiger partial charge in [-0.3, -0.25) is 14.8 Å². The highest BCUT2D eigenvalue weighted by molar-refractivity contribution is 7.08. The fourth-order valence-electron chi connectivity index (χ4n) is 2.92. The number of ether oxygens (including phenoxy) is 3. The normalized spacial score (nSPS) is 10.5. The molecule has 7 nitrogen and oxygen atoms in total. The molecule has 1 aromatic carbocycles. The number of carbonyl (C=O) groups is 1. The number of amides is 1. The molecule has 30 heavy (non-hydrogen) atoms. The monoisotopic (exact) mass is 427 g/mol. The molecule has 0 aliphatic carbocycles. The standard InChI is InChI=1S/C22H25N3O4S/c1-4-27-18-11-16(12-19(28-5-2)21(18)29-6-3)22(26)25-13-17-20(24-9-8-23-17)15-7-10-30-14-15/h7-12,14H,4-6,13H2,1-3H3,(H,25,26). The Morgan fingerprint density at radius 2 is 1.67 bits per heavy atom. The zero-order chi connectivity index (χ0) is 21.3. The number of nitrogens with one attached hydrogen (secondary N) is 1. The van der Waals surface area contributed by atoms with E-state index in [1.54, 1.807) is 35.9 Å². The van der Waals surface area contributed by atoms with Crippen molar-refractivity contribution in [2.75, 3.05) is 19.8 Å². The topological polar surface area (TPSA) is 82.6 Å². The second-order valence-electron chi connectivity index (χ2n) is 6.15. The van der Waals surface area contributed by atoms with Crippen LogP contribution in [0.2, 0.25) is 0 Å². The SMILES string of the molecule is CCOc1cc(C(=O)NCc2nccnc2-c2ccsc2)cc(OCC)c1OCC. The number of rotatable bonds is 10. The molecular formula is C22H25N3O4S. The number of benzene rings is 1. The Bertz CT molecular complexity index is 949. The van der Waals surface area contributed by atoms with Crippen molar-refractivity contribution < 1.29 is 19.0 Å². The van der Waals surface area contributed by atoms with Crippen LogP contribution in [0.3, 0.4) is 0 Å². The van der Waals surface area contributed by atoms with Crippen molar-refractivity contribution in [1.82, 2.24) is 15.3 Å². The summed E-state index contributed by atoms with van der Waals surface area (Å²) < 4.78 is 17.1. The van der Waals surface area contributed by atoms with Crippen LogP contribution in [0.5, 0.6) is 17.2 Å². The summed E-state index contributed by atoms with van der Waals surface area (Å²) in [7, 11) is 0. The second-order valence-corrected chi connectivity index (χ2v) is 6.93. The summed E-state index contributed by atoms with van der Waals surface area (Å²) >= 11 is 1.59. The molecular weight excluding hydrogens is 402 g/mol. The van der Waals surface area contributed by atoms with Crippen molar-refractivity contribution >= 4 is 17.2 Å². The van der Waals surface area contributed by atoms with Crippen LogP contribution in [-0.4, -0.2) is 35.7 Å². The minimum Gasteiger partial charge on any atom is -0.490 e. The van der Waals surface area contributed by atoms with Gasteiger partial charge in [0.2, 0.25) is 5.75 Å². The molecule has 0 radical (unpaired) electrons. The lowest BCUT2D eigenvalue weighted by Crippen LogP contribution is -2.24. The molecule has 0 atom stereocenters. The fourth-order valence-corrected chi connectivity index (χ4v) is 3.56. The molecule has 8 heteroatoms. The first-order valence-electron chi connectivity index (χ1n) is 9.84. The van der Waals surface area contributed by atoms with Crippen LogP contribution in [0, 0.1) is 0 Å². The molecule has 2 heterocycles. The van der Waals surface area contributed by atoms with Gasteiger partial charge in [-0.15, -0.1) is 0 Å². The first kappa shape index (κ1) is 21.6. The van der Waals surface area contributed by atoms with Gasteiger partial charge in [-0.05, 0) is 44.4 Å². The van der Waals surface area contributed by atoms with Crippen LogP contribution in [0.1, 0.15) is 36.8 Å². The van der Waals surface area contributed by atoms with Gasteiger partial charge in [0, 0.05) is 28.9 Å². The van der Waals surface area contributed by atoms with Crippen LogP contribution in [0.15, 0.2) is 41.4 Å². The van der Waals surface area contributed by atoms with Crippen molar-refractivity contribution in [1.29, 1.82) is 0 Å². The van der Waals surface area contributed by atoms with Crippen LogP contribution in [0.4, 0.5) is 0 Å². The number of carbonyl (C=O) groups excluding carboxylic acids is 1. The third-order valence-electron chi connectivity index (χ3n) is 4.16. The zero-order valence-corrected chi connectivity index (χ0v) is 18.1. The first-order valence-corrected chi connectivity index (χ1v) is 10.8. The lowest BCUT2D eigenvalue weighted by molar-refractivity contribution is 0.0949. The molecule has 0 aliphatic heterocycles. The Hall–Kier alpha value is -3.13. The highest BCUT2D eigenvalue weighted by Crippen LogP contribution is 2.39. The van der Waals surface area contributed by atoms with Crippen molar-refractivity contribution in [3.63, 3.8) is 0 Å². The largest absolute Gasteiger partial charge is 0.490 e. The Morgan fingerprint density at radius 1 is 1.00 bits per heavy atom. The maximum Gasteiger partial charge on any atom is 0.251 e. The van der Waals surface area contributed by atoms with Gasteiger partial charge >= 0.3 is 0 Å². The van der Waals surface area contributed by atoms with Gasteiger partial charge in [0.15, 0.2) is 11.5 Å². The summed E-state index contributed by atoms with van der Waals surface area (Å²) in [5.41, 5.74) is 2.86. The molecule has 0 aliphatic rings. The van der Waals surface area contributed by atoms with Crippen LogP contribution in [-0.2, 0) is 6.54 Å². The molecule has 0 fully saturated rings. The predicted octanol–water partition coefficient (Wildman–Crippen LogP) is 4.33. The number of hydrogen-bond acceptors (Lipinski definition) is 7. The summed E-state index contributed by atoms with van der Waals surface area (Å²) in [5.74, 6) is 1.20. The first-order chi connectivity index (χ1) is 14.7.